The van der Waals surface area contributed by atoms with Gasteiger partial charge < -0.3 is 14.7 Å². The van der Waals surface area contributed by atoms with Crippen molar-refractivity contribution in [3.8, 4) is 5.69 Å². The lowest BCUT2D eigenvalue weighted by Crippen LogP contribution is -2.41. The lowest BCUT2D eigenvalue weighted by atomic mass is 9.69. The Hall–Kier alpha value is -4.49. The SMILES string of the molecule is O=C([C@@H]1CCN(c2cc(F)c(N3C(=O)CCCC3=O)c(F)c2)C1)N1CC[C@H](CN2CCC(c3ccc4c(c3)-n3c(nc(=O)c5c(Br)cccc53)C43CCCCC3)CC2)C1. The Morgan fingerprint density at radius 3 is 2.32 bits per heavy atom. The summed E-state index contributed by atoms with van der Waals surface area (Å²) < 4.78 is 33.6. The fraction of sp³-hybridized carbons (Fsp3) is 0.500. The van der Waals surface area contributed by atoms with Crippen molar-refractivity contribution in [1.82, 2.24) is 19.4 Å². The van der Waals surface area contributed by atoms with E-state index in [1.807, 2.05) is 21.9 Å². The molecule has 59 heavy (non-hydrogen) atoms. The molecule has 10 nitrogen and oxygen atoms in total. The molecule has 4 aromatic rings. The molecule has 0 radical (unpaired) electrons. The molecular weight excluding hydrogens is 818 g/mol. The van der Waals surface area contributed by atoms with Crippen LogP contribution >= 0.6 is 15.9 Å². The number of piperidine rings is 2. The quantitative estimate of drug-likeness (QED) is 0.184. The van der Waals surface area contributed by atoms with Crippen LogP contribution in [0.25, 0.3) is 16.6 Å². The van der Waals surface area contributed by atoms with E-state index in [2.05, 4.69) is 49.7 Å². The number of halogens is 3. The molecule has 6 heterocycles. The highest BCUT2D eigenvalue weighted by atomic mass is 79.9. The zero-order valence-electron chi connectivity index (χ0n) is 33.2. The maximum atomic E-state index is 15.3. The molecule has 3 amide bonds. The predicted molar refractivity (Wildman–Crippen MR) is 225 cm³/mol. The number of fused-ring (bicyclic) bond motifs is 7. The van der Waals surface area contributed by atoms with Gasteiger partial charge in [0.05, 0.1) is 27.9 Å². The number of carbonyl (C=O) groups excluding carboxylic acids is 3. The summed E-state index contributed by atoms with van der Waals surface area (Å²) in [5.74, 6) is -1.50. The molecule has 0 N–H and O–H groups in total. The zero-order valence-corrected chi connectivity index (χ0v) is 34.8. The number of anilines is 2. The second kappa shape index (κ2) is 15.2. The number of carbonyl (C=O) groups is 3. The molecule has 3 aromatic carbocycles. The molecule has 5 fully saturated rings. The fourth-order valence-corrected chi connectivity index (χ4v) is 11.9. The molecule has 1 aliphatic carbocycles. The second-order valence-corrected chi connectivity index (χ2v) is 18.7. The first-order valence-corrected chi connectivity index (χ1v) is 22.4. The van der Waals surface area contributed by atoms with Gasteiger partial charge in [0.1, 0.15) is 11.5 Å². The third-order valence-corrected chi connectivity index (χ3v) is 15.0. The molecule has 2 atom stereocenters. The van der Waals surface area contributed by atoms with Crippen LogP contribution in [0.5, 0.6) is 0 Å². The van der Waals surface area contributed by atoms with Gasteiger partial charge in [0.25, 0.3) is 5.56 Å². The van der Waals surface area contributed by atoms with E-state index < -0.39 is 29.1 Å². The predicted octanol–water partition coefficient (Wildman–Crippen LogP) is 7.59. The van der Waals surface area contributed by atoms with Crippen molar-refractivity contribution >= 4 is 55.9 Å². The van der Waals surface area contributed by atoms with Crippen LogP contribution in [0.1, 0.15) is 99.9 Å². The number of nitrogens with zero attached hydrogens (tertiary/aromatic N) is 6. The van der Waals surface area contributed by atoms with Crippen molar-refractivity contribution in [2.75, 3.05) is 55.6 Å². The number of amides is 3. The van der Waals surface area contributed by atoms with Crippen LogP contribution in [0.2, 0.25) is 0 Å². The summed E-state index contributed by atoms with van der Waals surface area (Å²) in [4.78, 5) is 63.7. The Labute approximate surface area is 350 Å². The molecule has 1 spiro atoms. The van der Waals surface area contributed by atoms with Gasteiger partial charge in [0.2, 0.25) is 17.7 Å². The van der Waals surface area contributed by atoms with E-state index in [9.17, 15) is 19.2 Å². The van der Waals surface area contributed by atoms with Crippen molar-refractivity contribution in [2.24, 2.45) is 11.8 Å². The molecule has 5 aliphatic heterocycles. The third-order valence-electron chi connectivity index (χ3n) is 14.4. The molecule has 1 aromatic heterocycles. The first-order valence-electron chi connectivity index (χ1n) is 21.6. The highest BCUT2D eigenvalue weighted by molar-refractivity contribution is 9.10. The van der Waals surface area contributed by atoms with Crippen LogP contribution in [-0.4, -0.2) is 82.9 Å². The summed E-state index contributed by atoms with van der Waals surface area (Å²) in [6.07, 6.45) is 9.71. The minimum atomic E-state index is -0.950. The van der Waals surface area contributed by atoms with Gasteiger partial charge in [-0.25, -0.2) is 13.7 Å². The minimum Gasteiger partial charge on any atom is -0.371 e. The zero-order chi connectivity index (χ0) is 40.6. The summed E-state index contributed by atoms with van der Waals surface area (Å²) in [5, 5.41) is 0.634. The summed E-state index contributed by atoms with van der Waals surface area (Å²) >= 11 is 3.64. The summed E-state index contributed by atoms with van der Waals surface area (Å²) in [7, 11) is 0. The molecule has 0 bridgehead atoms. The van der Waals surface area contributed by atoms with Crippen molar-refractivity contribution in [3.05, 3.63) is 91.9 Å². The molecule has 6 aliphatic rings. The average molecular weight is 868 g/mol. The molecule has 13 heteroatoms. The van der Waals surface area contributed by atoms with Gasteiger partial charge in [-0.3, -0.25) is 23.7 Å². The molecular formula is C46H49BrF2N6O4. The normalized spacial score (nSPS) is 23.5. The van der Waals surface area contributed by atoms with Crippen molar-refractivity contribution in [3.63, 3.8) is 0 Å². The van der Waals surface area contributed by atoms with E-state index in [1.165, 1.54) is 35.4 Å². The Balaban J connectivity index is 0.767. The van der Waals surface area contributed by atoms with Gasteiger partial charge >= 0.3 is 0 Å². The maximum Gasteiger partial charge on any atom is 0.281 e. The van der Waals surface area contributed by atoms with E-state index in [0.717, 1.165) is 93.5 Å². The first-order chi connectivity index (χ1) is 28.6. The molecule has 1 saturated carbocycles. The number of hydrogen-bond donors (Lipinski definition) is 0. The van der Waals surface area contributed by atoms with Crippen LogP contribution in [-0.2, 0) is 19.8 Å². The number of aromatic nitrogens is 2. The fourth-order valence-electron chi connectivity index (χ4n) is 11.4. The average Bonchev–Trinajstić information content (AvgIpc) is 3.97. The van der Waals surface area contributed by atoms with E-state index in [-0.39, 0.29) is 35.6 Å². The molecule has 10 rings (SSSR count). The lowest BCUT2D eigenvalue weighted by molar-refractivity contribution is -0.134. The lowest BCUT2D eigenvalue weighted by Gasteiger charge is -2.35. The van der Waals surface area contributed by atoms with Crippen LogP contribution in [0.15, 0.2) is 57.8 Å². The van der Waals surface area contributed by atoms with Crippen LogP contribution in [0, 0.1) is 23.5 Å². The largest absolute Gasteiger partial charge is 0.371 e. The third kappa shape index (κ3) is 6.61. The smallest absolute Gasteiger partial charge is 0.281 e. The highest BCUT2D eigenvalue weighted by Crippen LogP contribution is 2.52. The highest BCUT2D eigenvalue weighted by Gasteiger charge is 2.47. The van der Waals surface area contributed by atoms with Crippen molar-refractivity contribution in [2.45, 2.75) is 88.4 Å². The standard InChI is InChI=1S/C46H49BrF2N6O4/c47-34-6-4-7-37-41(34)43(58)50-45-46(16-2-1-3-17-46)33-11-10-30(22-38(33)54(37)45)29-13-18-51(19-14-29)25-28-12-20-53(26-28)44(59)31-15-21-52(27-31)32-23-35(48)42(36(49)24-32)55-39(56)8-5-9-40(55)57/h4,6-7,10-11,22-24,28-29,31H,1-3,5,8-9,12-21,25-27H2/t28-,31-/m1/s1. The van der Waals surface area contributed by atoms with Crippen LogP contribution < -0.4 is 15.4 Å². The van der Waals surface area contributed by atoms with Gasteiger partial charge in [-0.05, 0) is 127 Å². The van der Waals surface area contributed by atoms with E-state index >= 15 is 8.78 Å². The van der Waals surface area contributed by atoms with E-state index in [0.29, 0.717) is 53.7 Å². The van der Waals surface area contributed by atoms with Gasteiger partial charge in [-0.15, -0.1) is 0 Å². The summed E-state index contributed by atoms with van der Waals surface area (Å²) in [6.45, 7) is 5.25. The number of likely N-dealkylation sites (tertiary alicyclic amines) is 2. The topological polar surface area (TPSA) is 99.1 Å². The Kier molecular flexibility index (Phi) is 9.97. The number of imide groups is 1. The second-order valence-electron chi connectivity index (χ2n) is 17.8. The van der Waals surface area contributed by atoms with Crippen LogP contribution in [0.4, 0.5) is 20.2 Å². The van der Waals surface area contributed by atoms with Crippen molar-refractivity contribution < 1.29 is 23.2 Å². The van der Waals surface area contributed by atoms with Gasteiger partial charge in [-0.1, -0.05) is 37.5 Å². The number of hydrogen-bond acceptors (Lipinski definition) is 7. The number of benzene rings is 3. The Bertz CT molecular complexity index is 2400. The summed E-state index contributed by atoms with van der Waals surface area (Å²) in [6, 6.07) is 15.4. The van der Waals surface area contributed by atoms with Gasteiger partial charge in [0.15, 0.2) is 11.6 Å². The Morgan fingerprint density at radius 1 is 0.831 bits per heavy atom. The van der Waals surface area contributed by atoms with Crippen molar-refractivity contribution in [1.29, 1.82) is 0 Å². The molecule has 0 unspecified atom stereocenters. The molecule has 308 valence electrons. The van der Waals surface area contributed by atoms with Crippen LogP contribution in [0.3, 0.4) is 0 Å². The van der Waals surface area contributed by atoms with Gasteiger partial charge in [0, 0.05) is 55.7 Å². The maximum absolute atomic E-state index is 15.3. The van der Waals surface area contributed by atoms with Gasteiger partial charge in [-0.2, -0.15) is 4.98 Å². The summed E-state index contributed by atoms with van der Waals surface area (Å²) in [5.41, 5.74) is 4.08. The number of rotatable bonds is 6. The van der Waals surface area contributed by atoms with E-state index in [1.54, 1.807) is 0 Å². The molecule has 4 saturated heterocycles. The first kappa shape index (κ1) is 38.7. The Morgan fingerprint density at radius 2 is 1.58 bits per heavy atom. The monoisotopic (exact) mass is 866 g/mol. The minimum absolute atomic E-state index is 0.0753. The van der Waals surface area contributed by atoms with E-state index in [4.69, 9.17) is 4.98 Å².